The summed E-state index contributed by atoms with van der Waals surface area (Å²) in [4.78, 5) is 0. The number of rotatable bonds is 2. The molecule has 0 fully saturated rings. The summed E-state index contributed by atoms with van der Waals surface area (Å²) in [7, 11) is 1.68. The molecule has 0 saturated heterocycles. The van der Waals surface area contributed by atoms with Gasteiger partial charge in [-0.3, -0.25) is 0 Å². The molecule has 0 atom stereocenters. The molecule has 0 bridgehead atoms. The summed E-state index contributed by atoms with van der Waals surface area (Å²) >= 11 is 0. The molecule has 1 aromatic carbocycles. The fraction of sp³-hybridized carbons (Fsp3) is 0.250. The lowest BCUT2D eigenvalue weighted by Gasteiger charge is -2.02. The van der Waals surface area contributed by atoms with E-state index in [1.165, 1.54) is 6.07 Å². The highest BCUT2D eigenvalue weighted by Crippen LogP contribution is 2.14. The zero-order valence-corrected chi connectivity index (χ0v) is 6.39. The van der Waals surface area contributed by atoms with Crippen molar-refractivity contribution in [2.45, 2.75) is 6.54 Å². The second kappa shape index (κ2) is 3.34. The first-order valence-electron chi connectivity index (χ1n) is 3.44. The van der Waals surface area contributed by atoms with Gasteiger partial charge in [0, 0.05) is 13.6 Å². The molecule has 2 nitrogen and oxygen atoms in total. The zero-order chi connectivity index (χ0) is 8.27. The lowest BCUT2D eigenvalue weighted by atomic mass is 10.2. The summed E-state index contributed by atoms with van der Waals surface area (Å²) in [6.45, 7) is 0.376. The maximum Gasteiger partial charge on any atom is 0.146 e. The molecule has 0 unspecified atom stereocenters. The van der Waals surface area contributed by atoms with Crippen LogP contribution in [0.3, 0.4) is 0 Å². The Bertz CT molecular complexity index is 248. The van der Waals surface area contributed by atoms with Crippen molar-refractivity contribution < 1.29 is 4.39 Å². The molecular weight excluding hydrogens is 143 g/mol. The average molecular weight is 154 g/mol. The van der Waals surface area contributed by atoms with Crippen molar-refractivity contribution >= 4 is 5.69 Å². The predicted molar refractivity (Wildman–Crippen MR) is 43.8 cm³/mol. The second-order valence-electron chi connectivity index (χ2n) is 2.27. The Morgan fingerprint density at radius 1 is 1.55 bits per heavy atom. The van der Waals surface area contributed by atoms with Crippen molar-refractivity contribution in [1.29, 1.82) is 0 Å². The molecule has 0 radical (unpaired) electrons. The van der Waals surface area contributed by atoms with Crippen LogP contribution in [0, 0.1) is 5.82 Å². The molecule has 1 aromatic rings. The van der Waals surface area contributed by atoms with Gasteiger partial charge in [-0.2, -0.15) is 0 Å². The summed E-state index contributed by atoms with van der Waals surface area (Å²) < 4.78 is 12.9. The van der Waals surface area contributed by atoms with Gasteiger partial charge < -0.3 is 11.1 Å². The van der Waals surface area contributed by atoms with Gasteiger partial charge in [0.25, 0.3) is 0 Å². The molecule has 1 rings (SSSR count). The minimum atomic E-state index is -0.254. The Kier molecular flexibility index (Phi) is 2.44. The zero-order valence-electron chi connectivity index (χ0n) is 6.39. The highest BCUT2D eigenvalue weighted by Gasteiger charge is 1.99. The number of halogens is 1. The maximum atomic E-state index is 12.9. The fourth-order valence-electron chi connectivity index (χ4n) is 0.888. The maximum absolute atomic E-state index is 12.9. The monoisotopic (exact) mass is 154 g/mol. The highest BCUT2D eigenvalue weighted by atomic mass is 19.1. The third-order valence-corrected chi connectivity index (χ3v) is 1.54. The first-order chi connectivity index (χ1) is 5.27. The van der Waals surface area contributed by atoms with Crippen molar-refractivity contribution in [3.63, 3.8) is 0 Å². The number of anilines is 1. The van der Waals surface area contributed by atoms with E-state index in [2.05, 4.69) is 5.32 Å². The molecule has 60 valence electrons. The van der Waals surface area contributed by atoms with Gasteiger partial charge in [0.15, 0.2) is 0 Å². The van der Waals surface area contributed by atoms with Crippen LogP contribution in [0.2, 0.25) is 0 Å². The summed E-state index contributed by atoms with van der Waals surface area (Å²) in [5, 5.41) is 2.73. The molecule has 3 N–H and O–H groups in total. The smallest absolute Gasteiger partial charge is 0.146 e. The van der Waals surface area contributed by atoms with Gasteiger partial charge in [0.2, 0.25) is 0 Å². The first-order valence-corrected chi connectivity index (χ1v) is 3.44. The summed E-state index contributed by atoms with van der Waals surface area (Å²) in [5.74, 6) is -0.254. The fourth-order valence-corrected chi connectivity index (χ4v) is 0.888. The molecule has 0 aliphatic rings. The van der Waals surface area contributed by atoms with E-state index in [1.807, 2.05) is 0 Å². The molecule has 0 spiro atoms. The van der Waals surface area contributed by atoms with Crippen LogP contribution in [0.1, 0.15) is 5.56 Å². The molecule has 0 heterocycles. The van der Waals surface area contributed by atoms with E-state index >= 15 is 0 Å². The van der Waals surface area contributed by atoms with Crippen molar-refractivity contribution in [1.82, 2.24) is 0 Å². The van der Waals surface area contributed by atoms with Crippen LogP contribution >= 0.6 is 0 Å². The molecule has 0 aliphatic heterocycles. The lowest BCUT2D eigenvalue weighted by molar-refractivity contribution is 0.629. The lowest BCUT2D eigenvalue weighted by Crippen LogP contribution is -1.98. The average Bonchev–Trinajstić information content (AvgIpc) is 2.04. The van der Waals surface area contributed by atoms with Crippen molar-refractivity contribution in [2.75, 3.05) is 12.4 Å². The van der Waals surface area contributed by atoms with Gasteiger partial charge in [0.1, 0.15) is 5.82 Å². The summed E-state index contributed by atoms with van der Waals surface area (Å²) in [5.41, 5.74) is 6.63. The minimum Gasteiger partial charge on any atom is -0.386 e. The molecule has 0 saturated carbocycles. The Morgan fingerprint density at radius 2 is 2.27 bits per heavy atom. The molecule has 0 amide bonds. The topological polar surface area (TPSA) is 38.0 Å². The van der Waals surface area contributed by atoms with Crippen molar-refractivity contribution in [2.24, 2.45) is 5.73 Å². The van der Waals surface area contributed by atoms with Crippen LogP contribution in [0.5, 0.6) is 0 Å². The largest absolute Gasteiger partial charge is 0.386 e. The SMILES string of the molecule is CNc1ccc(CN)cc1F. The van der Waals surface area contributed by atoms with Crippen LogP contribution in [0.15, 0.2) is 18.2 Å². The van der Waals surface area contributed by atoms with E-state index in [0.29, 0.717) is 12.2 Å². The van der Waals surface area contributed by atoms with Crippen LogP contribution in [0.25, 0.3) is 0 Å². The van der Waals surface area contributed by atoms with E-state index in [9.17, 15) is 4.39 Å². The van der Waals surface area contributed by atoms with Crippen LogP contribution < -0.4 is 11.1 Å². The molecule has 0 aliphatic carbocycles. The minimum absolute atomic E-state index is 0.254. The van der Waals surface area contributed by atoms with Crippen LogP contribution in [0.4, 0.5) is 10.1 Å². The van der Waals surface area contributed by atoms with E-state index < -0.39 is 0 Å². The Morgan fingerprint density at radius 3 is 2.73 bits per heavy atom. The molecule has 0 aromatic heterocycles. The number of benzene rings is 1. The number of hydrogen-bond donors (Lipinski definition) is 2. The second-order valence-corrected chi connectivity index (χ2v) is 2.27. The van der Waals surface area contributed by atoms with Crippen LogP contribution in [-0.2, 0) is 6.54 Å². The third kappa shape index (κ3) is 1.68. The van der Waals surface area contributed by atoms with Crippen LogP contribution in [-0.4, -0.2) is 7.05 Å². The normalized spacial score (nSPS) is 9.73. The summed E-state index contributed by atoms with van der Waals surface area (Å²) in [6, 6.07) is 4.91. The Labute approximate surface area is 65.2 Å². The van der Waals surface area contributed by atoms with Gasteiger partial charge in [-0.1, -0.05) is 6.07 Å². The number of nitrogens with two attached hydrogens (primary N) is 1. The van der Waals surface area contributed by atoms with Gasteiger partial charge in [-0.05, 0) is 17.7 Å². The van der Waals surface area contributed by atoms with E-state index in [0.717, 1.165) is 5.56 Å². The van der Waals surface area contributed by atoms with Gasteiger partial charge in [-0.15, -0.1) is 0 Å². The quantitative estimate of drug-likeness (QED) is 0.674. The molecule has 11 heavy (non-hydrogen) atoms. The first kappa shape index (κ1) is 8.01. The van der Waals surface area contributed by atoms with E-state index in [1.54, 1.807) is 19.2 Å². The number of nitrogens with one attached hydrogen (secondary N) is 1. The summed E-state index contributed by atoms with van der Waals surface area (Å²) in [6.07, 6.45) is 0. The van der Waals surface area contributed by atoms with Crippen molar-refractivity contribution in [3.8, 4) is 0 Å². The van der Waals surface area contributed by atoms with E-state index in [-0.39, 0.29) is 5.82 Å². The third-order valence-electron chi connectivity index (χ3n) is 1.54. The Balaban J connectivity index is 2.99. The molecule has 3 heteroatoms. The standard InChI is InChI=1S/C8H11FN2/c1-11-8-3-2-6(5-10)4-7(8)9/h2-4,11H,5,10H2,1H3. The predicted octanol–water partition coefficient (Wildman–Crippen LogP) is 1.33. The van der Waals surface area contributed by atoms with Gasteiger partial charge in [-0.25, -0.2) is 4.39 Å². The van der Waals surface area contributed by atoms with Crippen molar-refractivity contribution in [3.05, 3.63) is 29.6 Å². The Hall–Kier alpha value is -1.09. The van der Waals surface area contributed by atoms with E-state index in [4.69, 9.17) is 5.73 Å². The van der Waals surface area contributed by atoms with Gasteiger partial charge in [0.05, 0.1) is 5.69 Å². The van der Waals surface area contributed by atoms with Gasteiger partial charge >= 0.3 is 0 Å². The molecular formula is C8H11FN2. The highest BCUT2D eigenvalue weighted by molar-refractivity contribution is 5.45. The number of hydrogen-bond acceptors (Lipinski definition) is 2.